The second kappa shape index (κ2) is 7.61. The maximum Gasteiger partial charge on any atom is 0.130 e. The highest BCUT2D eigenvalue weighted by atomic mass is 32.2. The van der Waals surface area contributed by atoms with Crippen molar-refractivity contribution in [1.29, 1.82) is 0 Å². The molecule has 3 nitrogen and oxygen atoms in total. The number of rotatable bonds is 6. The third-order valence-corrected chi connectivity index (χ3v) is 4.08. The number of ether oxygens (including phenoxy) is 1. The van der Waals surface area contributed by atoms with Gasteiger partial charge in [0.2, 0.25) is 0 Å². The Labute approximate surface area is 134 Å². The number of nitrogens with zero attached hydrogens (tertiary/aromatic N) is 2. The van der Waals surface area contributed by atoms with Gasteiger partial charge in [0.15, 0.2) is 0 Å². The maximum atomic E-state index is 5.73. The molecule has 0 atom stereocenters. The van der Waals surface area contributed by atoms with Gasteiger partial charge in [-0.2, -0.15) is 0 Å². The molecule has 0 spiro atoms. The van der Waals surface area contributed by atoms with E-state index in [1.54, 1.807) is 18.0 Å². The van der Waals surface area contributed by atoms with Gasteiger partial charge in [0.05, 0.1) is 10.7 Å². The summed E-state index contributed by atoms with van der Waals surface area (Å²) in [7, 11) is 0. The average Bonchev–Trinajstić information content (AvgIpc) is 2.61. The Balaban J connectivity index is 1.52. The molecule has 3 aromatic rings. The summed E-state index contributed by atoms with van der Waals surface area (Å²) in [6.07, 6.45) is 3.59. The molecule has 2 heterocycles. The van der Waals surface area contributed by atoms with Gasteiger partial charge in [0.25, 0.3) is 0 Å². The zero-order valence-corrected chi connectivity index (χ0v) is 12.9. The molecule has 0 saturated heterocycles. The Morgan fingerprint density at radius 1 is 0.818 bits per heavy atom. The summed E-state index contributed by atoms with van der Waals surface area (Å²) in [4.78, 5) is 8.54. The summed E-state index contributed by atoms with van der Waals surface area (Å²) < 4.78 is 5.73. The van der Waals surface area contributed by atoms with Crippen molar-refractivity contribution in [2.75, 3.05) is 0 Å². The lowest BCUT2D eigenvalue weighted by molar-refractivity contribution is 0.301. The fourth-order valence-corrected chi connectivity index (χ4v) is 2.73. The van der Waals surface area contributed by atoms with Gasteiger partial charge in [-0.3, -0.25) is 4.98 Å². The molecule has 1 aromatic carbocycles. The van der Waals surface area contributed by atoms with Crippen LogP contribution in [0.5, 0.6) is 5.75 Å². The van der Waals surface area contributed by atoms with Crippen molar-refractivity contribution in [3.05, 3.63) is 84.3 Å². The van der Waals surface area contributed by atoms with Crippen LogP contribution in [0, 0.1) is 0 Å². The molecular weight excluding hydrogens is 292 g/mol. The molecule has 0 aliphatic rings. The molecule has 22 heavy (non-hydrogen) atoms. The smallest absolute Gasteiger partial charge is 0.130 e. The van der Waals surface area contributed by atoms with E-state index in [2.05, 4.69) is 22.1 Å². The van der Waals surface area contributed by atoms with Crippen molar-refractivity contribution in [2.24, 2.45) is 0 Å². The number of thioether (sulfide) groups is 1. The molecular formula is C18H16N2OS. The minimum Gasteiger partial charge on any atom is -0.487 e. The number of hydrogen-bond acceptors (Lipinski definition) is 4. The first-order valence-corrected chi connectivity index (χ1v) is 8.04. The van der Waals surface area contributed by atoms with Crippen LogP contribution in [0.2, 0.25) is 0 Å². The number of pyridine rings is 2. The first kappa shape index (κ1) is 14.6. The second-order valence-electron chi connectivity index (χ2n) is 4.71. The van der Waals surface area contributed by atoms with Crippen molar-refractivity contribution < 1.29 is 4.74 Å². The largest absolute Gasteiger partial charge is 0.487 e. The van der Waals surface area contributed by atoms with Crippen LogP contribution in [-0.2, 0) is 12.4 Å². The SMILES string of the molecule is c1ccc(COc2ccc(CSc3ccccn3)cc2)nc1. The fraction of sp³-hybridized carbons (Fsp3) is 0.111. The molecule has 0 aliphatic heterocycles. The van der Waals surface area contributed by atoms with Gasteiger partial charge >= 0.3 is 0 Å². The molecule has 0 bridgehead atoms. The van der Waals surface area contributed by atoms with E-state index in [-0.39, 0.29) is 0 Å². The van der Waals surface area contributed by atoms with E-state index in [0.29, 0.717) is 6.61 Å². The molecule has 0 fully saturated rings. The topological polar surface area (TPSA) is 35.0 Å². The van der Waals surface area contributed by atoms with Gasteiger partial charge in [-0.25, -0.2) is 4.98 Å². The van der Waals surface area contributed by atoms with Crippen molar-refractivity contribution in [3.63, 3.8) is 0 Å². The predicted molar refractivity (Wildman–Crippen MR) is 88.8 cm³/mol. The zero-order chi connectivity index (χ0) is 15.0. The molecule has 0 radical (unpaired) electrons. The van der Waals surface area contributed by atoms with Crippen molar-refractivity contribution >= 4 is 11.8 Å². The molecule has 0 unspecified atom stereocenters. The Hall–Kier alpha value is -2.33. The van der Waals surface area contributed by atoms with Gasteiger partial charge < -0.3 is 4.74 Å². The van der Waals surface area contributed by atoms with E-state index >= 15 is 0 Å². The van der Waals surface area contributed by atoms with Crippen LogP contribution in [0.1, 0.15) is 11.3 Å². The van der Waals surface area contributed by atoms with Crippen LogP contribution in [-0.4, -0.2) is 9.97 Å². The molecule has 0 N–H and O–H groups in total. The van der Waals surface area contributed by atoms with E-state index in [1.807, 2.05) is 54.7 Å². The summed E-state index contributed by atoms with van der Waals surface area (Å²) in [5.41, 5.74) is 2.18. The summed E-state index contributed by atoms with van der Waals surface area (Å²) in [6.45, 7) is 0.489. The van der Waals surface area contributed by atoms with E-state index < -0.39 is 0 Å². The summed E-state index contributed by atoms with van der Waals surface area (Å²) in [6, 6.07) is 19.9. The Kier molecular flexibility index (Phi) is 5.05. The van der Waals surface area contributed by atoms with E-state index in [9.17, 15) is 0 Å². The van der Waals surface area contributed by atoms with Gasteiger partial charge in [-0.05, 0) is 42.0 Å². The van der Waals surface area contributed by atoms with Crippen molar-refractivity contribution in [2.45, 2.75) is 17.4 Å². The predicted octanol–water partition coefficient (Wildman–Crippen LogP) is 4.35. The van der Waals surface area contributed by atoms with E-state index in [1.165, 1.54) is 5.56 Å². The fourth-order valence-electron chi connectivity index (χ4n) is 1.91. The Morgan fingerprint density at radius 3 is 2.27 bits per heavy atom. The molecule has 0 saturated carbocycles. The highest BCUT2D eigenvalue weighted by Gasteiger charge is 1.99. The average molecular weight is 308 g/mol. The first-order valence-electron chi connectivity index (χ1n) is 7.06. The van der Waals surface area contributed by atoms with Crippen LogP contribution >= 0.6 is 11.8 Å². The van der Waals surface area contributed by atoms with Crippen LogP contribution in [0.3, 0.4) is 0 Å². The molecule has 4 heteroatoms. The summed E-state index contributed by atoms with van der Waals surface area (Å²) >= 11 is 1.73. The van der Waals surface area contributed by atoms with Gasteiger partial charge in [-0.1, -0.05) is 24.3 Å². The molecule has 0 amide bonds. The van der Waals surface area contributed by atoms with Gasteiger partial charge in [-0.15, -0.1) is 11.8 Å². The highest BCUT2D eigenvalue weighted by Crippen LogP contribution is 2.22. The lowest BCUT2D eigenvalue weighted by Gasteiger charge is -2.07. The van der Waals surface area contributed by atoms with Crippen LogP contribution < -0.4 is 4.74 Å². The third kappa shape index (κ3) is 4.33. The standard InChI is InChI=1S/C18H16N2OS/c1-3-11-19-16(5-1)13-21-17-9-7-15(8-10-17)14-22-18-6-2-4-12-20-18/h1-12H,13-14H2. The van der Waals surface area contributed by atoms with Crippen LogP contribution in [0.25, 0.3) is 0 Å². The van der Waals surface area contributed by atoms with E-state index in [4.69, 9.17) is 4.74 Å². The van der Waals surface area contributed by atoms with Crippen LogP contribution in [0.4, 0.5) is 0 Å². The van der Waals surface area contributed by atoms with Gasteiger partial charge in [0, 0.05) is 18.1 Å². The van der Waals surface area contributed by atoms with Gasteiger partial charge in [0.1, 0.15) is 12.4 Å². The lowest BCUT2D eigenvalue weighted by Crippen LogP contribution is -1.97. The molecule has 2 aromatic heterocycles. The third-order valence-electron chi connectivity index (χ3n) is 3.06. The number of aromatic nitrogens is 2. The molecule has 110 valence electrons. The quantitative estimate of drug-likeness (QED) is 0.634. The molecule has 3 rings (SSSR count). The maximum absolute atomic E-state index is 5.73. The summed E-state index contributed by atoms with van der Waals surface area (Å²) in [5.74, 6) is 1.76. The monoisotopic (exact) mass is 308 g/mol. The Bertz CT molecular complexity index is 625. The first-order chi connectivity index (χ1) is 10.9. The number of benzene rings is 1. The second-order valence-corrected chi connectivity index (χ2v) is 5.71. The van der Waals surface area contributed by atoms with Crippen LogP contribution in [0.15, 0.2) is 78.1 Å². The summed E-state index contributed by atoms with van der Waals surface area (Å²) in [5, 5.41) is 1.04. The highest BCUT2D eigenvalue weighted by molar-refractivity contribution is 7.98. The van der Waals surface area contributed by atoms with Crippen molar-refractivity contribution in [1.82, 2.24) is 9.97 Å². The minimum absolute atomic E-state index is 0.489. The number of hydrogen-bond donors (Lipinski definition) is 0. The Morgan fingerprint density at radius 2 is 1.59 bits per heavy atom. The van der Waals surface area contributed by atoms with E-state index in [0.717, 1.165) is 22.2 Å². The minimum atomic E-state index is 0.489. The lowest BCUT2D eigenvalue weighted by atomic mass is 10.2. The normalized spacial score (nSPS) is 10.4. The molecule has 0 aliphatic carbocycles. The van der Waals surface area contributed by atoms with Crippen molar-refractivity contribution in [3.8, 4) is 5.75 Å². The zero-order valence-electron chi connectivity index (χ0n) is 12.1.